The van der Waals surface area contributed by atoms with E-state index in [0.717, 1.165) is 11.1 Å². The molecule has 6 heteroatoms. The number of hydrogen-bond donors (Lipinski definition) is 0. The second-order valence-electron chi connectivity index (χ2n) is 4.58. The fourth-order valence-electron chi connectivity index (χ4n) is 2.03. The van der Waals surface area contributed by atoms with Crippen LogP contribution in [-0.4, -0.2) is 29.8 Å². The lowest BCUT2D eigenvalue weighted by Crippen LogP contribution is -2.18. The normalized spacial score (nSPS) is 12.1. The molecule has 1 aromatic heterocycles. The fraction of sp³-hybridized carbons (Fsp3) is 0.400. The van der Waals surface area contributed by atoms with Crippen LogP contribution in [0.15, 0.2) is 28.8 Å². The summed E-state index contributed by atoms with van der Waals surface area (Å²) < 4.78 is 15.3. The summed E-state index contributed by atoms with van der Waals surface area (Å²) in [5, 5.41) is 3.80. The van der Waals surface area contributed by atoms with Gasteiger partial charge in [0.1, 0.15) is 6.61 Å². The van der Waals surface area contributed by atoms with Crippen LogP contribution in [0.25, 0.3) is 0 Å². The van der Waals surface area contributed by atoms with Crippen LogP contribution in [0.2, 0.25) is 0 Å². The third-order valence-corrected chi connectivity index (χ3v) is 2.90. The minimum Gasteiger partial charge on any atom is -0.465 e. The number of esters is 1. The average Bonchev–Trinajstić information content (AvgIpc) is 2.88. The van der Waals surface area contributed by atoms with Gasteiger partial charge in [0.2, 0.25) is 5.89 Å². The Bertz CT molecular complexity index is 609. The molecule has 112 valence electrons. The number of carbonyl (C=O) groups is 1. The SMILES string of the molecule is CCOC(=O)C(c1cccc(C)c1)c1nc(COC)no1. The van der Waals surface area contributed by atoms with Gasteiger partial charge in [0.05, 0.1) is 6.61 Å². The maximum Gasteiger partial charge on any atom is 0.323 e. The minimum atomic E-state index is -0.719. The lowest BCUT2D eigenvalue weighted by molar-refractivity contribution is -0.144. The Balaban J connectivity index is 2.37. The van der Waals surface area contributed by atoms with Gasteiger partial charge in [-0.2, -0.15) is 4.98 Å². The van der Waals surface area contributed by atoms with E-state index in [1.54, 1.807) is 14.0 Å². The van der Waals surface area contributed by atoms with E-state index in [1.807, 2.05) is 31.2 Å². The standard InChI is InChI=1S/C15H18N2O4/c1-4-20-15(18)13(11-7-5-6-10(2)8-11)14-16-12(9-19-3)17-21-14/h5-8,13H,4,9H2,1-3H3. The molecule has 1 heterocycles. The lowest BCUT2D eigenvalue weighted by atomic mass is 9.97. The molecule has 6 nitrogen and oxygen atoms in total. The van der Waals surface area contributed by atoms with E-state index in [-0.39, 0.29) is 12.5 Å². The lowest BCUT2D eigenvalue weighted by Gasteiger charge is -2.12. The van der Waals surface area contributed by atoms with Gasteiger partial charge in [0.15, 0.2) is 11.7 Å². The Kier molecular flexibility index (Phi) is 5.05. The van der Waals surface area contributed by atoms with Gasteiger partial charge >= 0.3 is 5.97 Å². The third-order valence-electron chi connectivity index (χ3n) is 2.90. The maximum atomic E-state index is 12.2. The summed E-state index contributed by atoms with van der Waals surface area (Å²) >= 11 is 0. The number of nitrogens with zero attached hydrogens (tertiary/aromatic N) is 2. The summed E-state index contributed by atoms with van der Waals surface area (Å²) in [4.78, 5) is 16.4. The molecule has 0 amide bonds. The first-order chi connectivity index (χ1) is 10.2. The molecule has 21 heavy (non-hydrogen) atoms. The molecule has 2 aromatic rings. The first kappa shape index (κ1) is 15.2. The molecule has 0 fully saturated rings. The Labute approximate surface area is 123 Å². The molecule has 0 spiro atoms. The zero-order valence-electron chi connectivity index (χ0n) is 12.3. The molecule has 0 bridgehead atoms. The van der Waals surface area contributed by atoms with Crippen molar-refractivity contribution >= 4 is 5.97 Å². The highest BCUT2D eigenvalue weighted by Gasteiger charge is 2.30. The maximum absolute atomic E-state index is 12.2. The fourth-order valence-corrected chi connectivity index (χ4v) is 2.03. The molecule has 0 aliphatic carbocycles. The molecule has 0 aliphatic heterocycles. The largest absolute Gasteiger partial charge is 0.465 e. The zero-order valence-corrected chi connectivity index (χ0v) is 12.3. The van der Waals surface area contributed by atoms with Crippen LogP contribution >= 0.6 is 0 Å². The number of ether oxygens (including phenoxy) is 2. The van der Waals surface area contributed by atoms with E-state index in [1.165, 1.54) is 0 Å². The smallest absolute Gasteiger partial charge is 0.323 e. The first-order valence-corrected chi connectivity index (χ1v) is 6.70. The van der Waals surface area contributed by atoms with Gasteiger partial charge in [-0.25, -0.2) is 0 Å². The summed E-state index contributed by atoms with van der Waals surface area (Å²) in [6.07, 6.45) is 0. The molecule has 0 aliphatic rings. The van der Waals surface area contributed by atoms with Crippen molar-refractivity contribution in [1.82, 2.24) is 10.1 Å². The minimum absolute atomic E-state index is 0.214. The predicted octanol–water partition coefficient (Wildman–Crippen LogP) is 2.22. The van der Waals surface area contributed by atoms with Crippen LogP contribution in [0.5, 0.6) is 0 Å². The van der Waals surface area contributed by atoms with Crippen molar-refractivity contribution in [1.29, 1.82) is 0 Å². The van der Waals surface area contributed by atoms with Crippen molar-refractivity contribution in [2.24, 2.45) is 0 Å². The zero-order chi connectivity index (χ0) is 15.2. The van der Waals surface area contributed by atoms with Gasteiger partial charge in [-0.05, 0) is 19.4 Å². The Hall–Kier alpha value is -2.21. The van der Waals surface area contributed by atoms with E-state index >= 15 is 0 Å². The van der Waals surface area contributed by atoms with Crippen LogP contribution < -0.4 is 0 Å². The Morgan fingerprint density at radius 1 is 1.43 bits per heavy atom. The van der Waals surface area contributed by atoms with E-state index in [4.69, 9.17) is 14.0 Å². The molecular formula is C15H18N2O4. The number of carbonyl (C=O) groups excluding carboxylic acids is 1. The van der Waals surface area contributed by atoms with Crippen LogP contribution in [0.1, 0.15) is 35.7 Å². The topological polar surface area (TPSA) is 74.5 Å². The van der Waals surface area contributed by atoms with E-state index in [2.05, 4.69) is 10.1 Å². The molecule has 0 saturated heterocycles. The Morgan fingerprint density at radius 3 is 2.90 bits per heavy atom. The number of benzene rings is 1. The number of methoxy groups -OCH3 is 1. The third kappa shape index (κ3) is 3.66. The Morgan fingerprint density at radius 2 is 2.24 bits per heavy atom. The predicted molar refractivity (Wildman–Crippen MR) is 74.7 cm³/mol. The molecule has 0 radical (unpaired) electrons. The first-order valence-electron chi connectivity index (χ1n) is 6.70. The molecule has 2 rings (SSSR count). The number of aromatic nitrogens is 2. The van der Waals surface area contributed by atoms with Crippen LogP contribution in [0.4, 0.5) is 0 Å². The van der Waals surface area contributed by atoms with E-state index in [9.17, 15) is 4.79 Å². The average molecular weight is 290 g/mol. The van der Waals surface area contributed by atoms with Crippen molar-refractivity contribution in [2.75, 3.05) is 13.7 Å². The molecule has 0 N–H and O–H groups in total. The summed E-state index contributed by atoms with van der Waals surface area (Å²) in [5.74, 6) is -0.515. The van der Waals surface area contributed by atoms with Gasteiger partial charge in [-0.3, -0.25) is 4.79 Å². The molecular weight excluding hydrogens is 272 g/mol. The second-order valence-corrected chi connectivity index (χ2v) is 4.58. The number of rotatable bonds is 6. The van der Waals surface area contributed by atoms with Crippen LogP contribution in [-0.2, 0) is 20.9 Å². The summed E-state index contributed by atoms with van der Waals surface area (Å²) in [6.45, 7) is 4.23. The van der Waals surface area contributed by atoms with Gasteiger partial charge < -0.3 is 14.0 Å². The van der Waals surface area contributed by atoms with Crippen molar-refractivity contribution in [3.8, 4) is 0 Å². The van der Waals surface area contributed by atoms with Crippen molar-refractivity contribution in [3.05, 3.63) is 47.1 Å². The van der Waals surface area contributed by atoms with Gasteiger partial charge in [0, 0.05) is 7.11 Å². The highest BCUT2D eigenvalue weighted by molar-refractivity contribution is 5.80. The molecule has 1 unspecified atom stereocenters. The summed E-state index contributed by atoms with van der Waals surface area (Å²) in [6, 6.07) is 7.58. The highest BCUT2D eigenvalue weighted by atomic mass is 16.5. The van der Waals surface area contributed by atoms with E-state index in [0.29, 0.717) is 12.4 Å². The quantitative estimate of drug-likeness (QED) is 0.759. The van der Waals surface area contributed by atoms with Crippen molar-refractivity contribution in [3.63, 3.8) is 0 Å². The summed E-state index contributed by atoms with van der Waals surface area (Å²) in [5.41, 5.74) is 1.81. The highest BCUT2D eigenvalue weighted by Crippen LogP contribution is 2.25. The number of aryl methyl sites for hydroxylation is 1. The van der Waals surface area contributed by atoms with Crippen molar-refractivity contribution < 1.29 is 18.8 Å². The van der Waals surface area contributed by atoms with Crippen molar-refractivity contribution in [2.45, 2.75) is 26.4 Å². The second kappa shape index (κ2) is 6.99. The number of hydrogen-bond acceptors (Lipinski definition) is 6. The molecule has 0 saturated carbocycles. The summed E-state index contributed by atoms with van der Waals surface area (Å²) in [7, 11) is 1.54. The monoisotopic (exact) mass is 290 g/mol. The van der Waals surface area contributed by atoms with Crippen LogP contribution in [0, 0.1) is 6.92 Å². The molecule has 1 aromatic carbocycles. The van der Waals surface area contributed by atoms with Gasteiger partial charge in [-0.1, -0.05) is 35.0 Å². The van der Waals surface area contributed by atoms with Gasteiger partial charge in [-0.15, -0.1) is 0 Å². The van der Waals surface area contributed by atoms with E-state index < -0.39 is 11.9 Å². The van der Waals surface area contributed by atoms with Crippen LogP contribution in [0.3, 0.4) is 0 Å². The van der Waals surface area contributed by atoms with Gasteiger partial charge in [0.25, 0.3) is 0 Å². The molecule has 1 atom stereocenters.